The molecule has 6 nitrogen and oxygen atoms in total. The Hall–Kier alpha value is -2.25. The lowest BCUT2D eigenvalue weighted by Crippen LogP contribution is -2.33. The molecule has 0 fully saturated rings. The van der Waals surface area contributed by atoms with Crippen LogP contribution >= 0.6 is 12.2 Å². The minimum Gasteiger partial charge on any atom is -0.382 e. The van der Waals surface area contributed by atoms with Gasteiger partial charge in [-0.3, -0.25) is 10.1 Å². The minimum atomic E-state index is 0.504. The molecular formula is C19H27N5OS. The Bertz CT molecular complexity index is 727. The number of nitrogens with one attached hydrogen (secondary N) is 2. The Labute approximate surface area is 160 Å². The van der Waals surface area contributed by atoms with Crippen molar-refractivity contribution in [3.8, 4) is 0 Å². The molecule has 0 aliphatic rings. The van der Waals surface area contributed by atoms with Gasteiger partial charge in [0.05, 0.1) is 18.5 Å². The van der Waals surface area contributed by atoms with Crippen molar-refractivity contribution < 1.29 is 4.74 Å². The van der Waals surface area contributed by atoms with Crippen LogP contribution in [-0.2, 0) is 11.3 Å². The first-order valence-electron chi connectivity index (χ1n) is 8.84. The van der Waals surface area contributed by atoms with E-state index in [0.29, 0.717) is 5.11 Å². The molecule has 26 heavy (non-hydrogen) atoms. The van der Waals surface area contributed by atoms with E-state index in [1.165, 1.54) is 5.56 Å². The third-order valence-electron chi connectivity index (χ3n) is 3.93. The van der Waals surface area contributed by atoms with Crippen LogP contribution in [-0.4, -0.2) is 40.9 Å². The van der Waals surface area contributed by atoms with Gasteiger partial charge in [-0.1, -0.05) is 30.3 Å². The molecule has 0 amide bonds. The maximum atomic E-state index is 5.28. The maximum Gasteiger partial charge on any atom is 0.186 e. The van der Waals surface area contributed by atoms with E-state index in [1.807, 2.05) is 36.7 Å². The SMILES string of the molecule is CCOCCCNC(=S)N/N=C\c1c(C)nn(Cc2ccccc2)c1C. The van der Waals surface area contributed by atoms with Gasteiger partial charge in [0.1, 0.15) is 0 Å². The Balaban J connectivity index is 1.87. The van der Waals surface area contributed by atoms with Gasteiger partial charge < -0.3 is 10.1 Å². The monoisotopic (exact) mass is 373 g/mol. The fraction of sp³-hybridized carbons (Fsp3) is 0.421. The topological polar surface area (TPSA) is 63.5 Å². The summed E-state index contributed by atoms with van der Waals surface area (Å²) >= 11 is 5.21. The van der Waals surface area contributed by atoms with Crippen molar-refractivity contribution in [3.63, 3.8) is 0 Å². The molecule has 1 aromatic carbocycles. The molecule has 0 radical (unpaired) electrons. The van der Waals surface area contributed by atoms with E-state index in [1.54, 1.807) is 6.21 Å². The number of aryl methyl sites for hydroxylation is 1. The Morgan fingerprint density at radius 3 is 2.81 bits per heavy atom. The van der Waals surface area contributed by atoms with E-state index in [-0.39, 0.29) is 0 Å². The molecule has 0 unspecified atom stereocenters. The van der Waals surface area contributed by atoms with E-state index in [9.17, 15) is 0 Å². The zero-order chi connectivity index (χ0) is 18.8. The number of ether oxygens (including phenoxy) is 1. The van der Waals surface area contributed by atoms with Gasteiger partial charge in [-0.05, 0) is 45.0 Å². The molecule has 140 valence electrons. The Morgan fingerprint density at radius 1 is 1.31 bits per heavy atom. The van der Waals surface area contributed by atoms with Gasteiger partial charge in [0, 0.05) is 31.0 Å². The van der Waals surface area contributed by atoms with Gasteiger partial charge in [0.15, 0.2) is 5.11 Å². The first-order chi connectivity index (χ1) is 12.6. The number of thiocarbonyl (C=S) groups is 1. The molecule has 2 N–H and O–H groups in total. The summed E-state index contributed by atoms with van der Waals surface area (Å²) in [5.74, 6) is 0. The molecular weight excluding hydrogens is 346 g/mol. The number of rotatable bonds is 9. The summed E-state index contributed by atoms with van der Waals surface area (Å²) < 4.78 is 7.28. The van der Waals surface area contributed by atoms with Crippen molar-refractivity contribution in [2.45, 2.75) is 33.7 Å². The quantitative estimate of drug-likeness (QED) is 0.306. The van der Waals surface area contributed by atoms with Crippen LogP contribution in [0.2, 0.25) is 0 Å². The third kappa shape index (κ3) is 6.24. The standard InChI is InChI=1S/C19H27N5OS/c1-4-25-12-8-11-20-19(26)22-21-13-18-15(2)23-24(16(18)3)14-17-9-6-5-7-10-17/h5-7,9-10,13H,4,8,11-12,14H2,1-3H3,(H2,20,22,26)/b21-13-. The van der Waals surface area contributed by atoms with Crippen molar-refractivity contribution in [2.75, 3.05) is 19.8 Å². The van der Waals surface area contributed by atoms with E-state index in [0.717, 1.165) is 49.7 Å². The van der Waals surface area contributed by atoms with Crippen molar-refractivity contribution in [1.29, 1.82) is 0 Å². The van der Waals surface area contributed by atoms with Crippen molar-refractivity contribution in [2.24, 2.45) is 5.10 Å². The Morgan fingerprint density at radius 2 is 2.08 bits per heavy atom. The second-order valence-corrected chi connectivity index (χ2v) is 6.31. The van der Waals surface area contributed by atoms with Crippen molar-refractivity contribution >= 4 is 23.5 Å². The van der Waals surface area contributed by atoms with Crippen LogP contribution in [0.3, 0.4) is 0 Å². The molecule has 0 atom stereocenters. The average Bonchev–Trinajstić information content (AvgIpc) is 2.90. The lowest BCUT2D eigenvalue weighted by Gasteiger charge is -2.06. The summed E-state index contributed by atoms with van der Waals surface area (Å²) in [5.41, 5.74) is 7.09. The molecule has 1 heterocycles. The molecule has 0 bridgehead atoms. The molecule has 2 aromatic rings. The summed E-state index contributed by atoms with van der Waals surface area (Å²) in [7, 11) is 0. The second-order valence-electron chi connectivity index (χ2n) is 5.90. The predicted octanol–water partition coefficient (Wildman–Crippen LogP) is 2.77. The lowest BCUT2D eigenvalue weighted by molar-refractivity contribution is 0.145. The fourth-order valence-electron chi connectivity index (χ4n) is 2.52. The summed E-state index contributed by atoms with van der Waals surface area (Å²) in [6.07, 6.45) is 2.68. The number of nitrogens with zero attached hydrogens (tertiary/aromatic N) is 3. The summed E-state index contributed by atoms with van der Waals surface area (Å²) in [5, 5.41) is 12.5. The maximum absolute atomic E-state index is 5.28. The molecule has 1 aromatic heterocycles. The number of hydrogen-bond donors (Lipinski definition) is 2. The van der Waals surface area contributed by atoms with Crippen LogP contribution < -0.4 is 10.7 Å². The first-order valence-corrected chi connectivity index (χ1v) is 9.25. The van der Waals surface area contributed by atoms with Gasteiger partial charge in [-0.15, -0.1) is 0 Å². The van der Waals surface area contributed by atoms with Crippen LogP contribution in [0.5, 0.6) is 0 Å². The van der Waals surface area contributed by atoms with Crippen LogP contribution in [0, 0.1) is 13.8 Å². The first kappa shape index (κ1) is 20.1. The normalized spacial score (nSPS) is 11.0. The summed E-state index contributed by atoms with van der Waals surface area (Å²) in [6.45, 7) is 9.00. The number of aromatic nitrogens is 2. The highest BCUT2D eigenvalue weighted by Gasteiger charge is 2.10. The van der Waals surface area contributed by atoms with Crippen LogP contribution in [0.4, 0.5) is 0 Å². The van der Waals surface area contributed by atoms with E-state index >= 15 is 0 Å². The zero-order valence-corrected chi connectivity index (χ0v) is 16.5. The highest BCUT2D eigenvalue weighted by atomic mass is 32.1. The zero-order valence-electron chi connectivity index (χ0n) is 15.7. The molecule has 0 aliphatic carbocycles. The summed E-state index contributed by atoms with van der Waals surface area (Å²) in [4.78, 5) is 0. The number of hydrazone groups is 1. The van der Waals surface area contributed by atoms with Gasteiger partial charge >= 0.3 is 0 Å². The van der Waals surface area contributed by atoms with E-state index in [2.05, 4.69) is 40.0 Å². The van der Waals surface area contributed by atoms with Crippen molar-refractivity contribution in [3.05, 3.63) is 52.8 Å². The third-order valence-corrected chi connectivity index (χ3v) is 4.16. The van der Waals surface area contributed by atoms with Gasteiger partial charge in [0.25, 0.3) is 0 Å². The molecule has 2 rings (SSSR count). The minimum absolute atomic E-state index is 0.504. The van der Waals surface area contributed by atoms with E-state index < -0.39 is 0 Å². The molecule has 0 spiro atoms. The second kappa shape index (κ2) is 10.7. The smallest absolute Gasteiger partial charge is 0.186 e. The molecule has 0 saturated heterocycles. The van der Waals surface area contributed by atoms with Crippen LogP contribution in [0.1, 0.15) is 35.9 Å². The summed E-state index contributed by atoms with van der Waals surface area (Å²) in [6, 6.07) is 10.3. The molecule has 0 saturated carbocycles. The highest BCUT2D eigenvalue weighted by molar-refractivity contribution is 7.80. The van der Waals surface area contributed by atoms with E-state index in [4.69, 9.17) is 17.0 Å². The average molecular weight is 374 g/mol. The number of benzene rings is 1. The predicted molar refractivity (Wildman–Crippen MR) is 110 cm³/mol. The highest BCUT2D eigenvalue weighted by Crippen LogP contribution is 2.12. The van der Waals surface area contributed by atoms with Gasteiger partial charge in [0.2, 0.25) is 0 Å². The Kier molecular flexibility index (Phi) is 8.24. The van der Waals surface area contributed by atoms with Gasteiger partial charge in [-0.2, -0.15) is 10.2 Å². The van der Waals surface area contributed by atoms with Crippen LogP contribution in [0.15, 0.2) is 35.4 Å². The largest absolute Gasteiger partial charge is 0.382 e. The lowest BCUT2D eigenvalue weighted by atomic mass is 10.2. The molecule has 0 aliphatic heterocycles. The van der Waals surface area contributed by atoms with Gasteiger partial charge in [-0.25, -0.2) is 0 Å². The van der Waals surface area contributed by atoms with Crippen molar-refractivity contribution in [1.82, 2.24) is 20.5 Å². The van der Waals surface area contributed by atoms with Crippen LogP contribution in [0.25, 0.3) is 0 Å². The number of hydrogen-bond acceptors (Lipinski definition) is 4. The molecule has 7 heteroatoms. The fourth-order valence-corrected chi connectivity index (χ4v) is 2.68.